The summed E-state index contributed by atoms with van der Waals surface area (Å²) in [6.07, 6.45) is 4.16. The van der Waals surface area contributed by atoms with Crippen LogP contribution in [0.3, 0.4) is 0 Å². The van der Waals surface area contributed by atoms with Gasteiger partial charge in [0.15, 0.2) is 0 Å². The Bertz CT molecular complexity index is 590. The molecule has 5 nitrogen and oxygen atoms in total. The van der Waals surface area contributed by atoms with Crippen LogP contribution in [0.2, 0.25) is 0 Å². The first-order chi connectivity index (χ1) is 10.2. The smallest absolute Gasteiger partial charge is 0.135 e. The highest BCUT2D eigenvalue weighted by atomic mass is 16.3. The first-order valence-electron chi connectivity index (χ1n) is 7.53. The van der Waals surface area contributed by atoms with E-state index in [-0.39, 0.29) is 0 Å². The summed E-state index contributed by atoms with van der Waals surface area (Å²) in [7, 11) is 1.89. The van der Waals surface area contributed by atoms with Crippen LogP contribution in [0.1, 0.15) is 44.2 Å². The van der Waals surface area contributed by atoms with Gasteiger partial charge in [-0.05, 0) is 25.0 Å². The zero-order chi connectivity index (χ0) is 14.8. The number of aromatic nitrogens is 2. The molecule has 1 fully saturated rings. The largest absolute Gasteiger partial charge is 0.467 e. The second-order valence-electron chi connectivity index (χ2n) is 5.81. The maximum Gasteiger partial charge on any atom is 0.135 e. The quantitative estimate of drug-likeness (QED) is 0.882. The van der Waals surface area contributed by atoms with Gasteiger partial charge in [0, 0.05) is 25.1 Å². The van der Waals surface area contributed by atoms with Crippen molar-refractivity contribution >= 4 is 11.6 Å². The van der Waals surface area contributed by atoms with Gasteiger partial charge in [-0.15, -0.1) is 0 Å². The standard InChI is InChI=1S/C16H22N4O/c1-11(2)16-18-14(17-3)9-15(19-16)20(12-6-7-12)10-13-5-4-8-21-13/h4-5,8-9,11-12H,6-7,10H2,1-3H3,(H,17,18,19). The van der Waals surface area contributed by atoms with E-state index >= 15 is 0 Å². The Morgan fingerprint density at radius 3 is 2.76 bits per heavy atom. The Hall–Kier alpha value is -2.04. The molecule has 5 heteroatoms. The molecule has 1 aliphatic rings. The van der Waals surface area contributed by atoms with Crippen LogP contribution in [0.15, 0.2) is 28.9 Å². The van der Waals surface area contributed by atoms with Gasteiger partial charge in [-0.3, -0.25) is 0 Å². The predicted octanol–water partition coefficient (Wildman–Crippen LogP) is 3.40. The molecule has 1 N–H and O–H groups in total. The minimum Gasteiger partial charge on any atom is -0.467 e. The summed E-state index contributed by atoms with van der Waals surface area (Å²) in [6.45, 7) is 4.99. The Morgan fingerprint density at radius 1 is 1.38 bits per heavy atom. The first kappa shape index (κ1) is 13.9. The van der Waals surface area contributed by atoms with Crippen LogP contribution in [0.25, 0.3) is 0 Å². The van der Waals surface area contributed by atoms with Gasteiger partial charge >= 0.3 is 0 Å². The zero-order valence-corrected chi connectivity index (χ0v) is 12.8. The van der Waals surface area contributed by atoms with Crippen molar-refractivity contribution in [2.45, 2.75) is 45.2 Å². The number of furan rings is 1. The molecule has 1 aliphatic carbocycles. The number of nitrogens with one attached hydrogen (secondary N) is 1. The SMILES string of the molecule is CNc1cc(N(Cc2ccco2)C2CC2)nc(C(C)C)n1. The van der Waals surface area contributed by atoms with Crippen molar-refractivity contribution in [2.75, 3.05) is 17.3 Å². The van der Waals surface area contributed by atoms with Crippen molar-refractivity contribution in [3.05, 3.63) is 36.0 Å². The van der Waals surface area contributed by atoms with Gasteiger partial charge in [-0.25, -0.2) is 9.97 Å². The van der Waals surface area contributed by atoms with Crippen molar-refractivity contribution < 1.29 is 4.42 Å². The maximum atomic E-state index is 5.50. The Kier molecular flexibility index (Phi) is 3.82. The normalized spacial score (nSPS) is 14.5. The lowest BCUT2D eigenvalue weighted by atomic mass is 10.2. The summed E-state index contributed by atoms with van der Waals surface area (Å²) in [5.74, 6) is 4.01. The molecule has 3 rings (SSSR count). The molecule has 2 aromatic rings. The minimum atomic E-state index is 0.307. The molecule has 0 bridgehead atoms. The highest BCUT2D eigenvalue weighted by molar-refractivity contribution is 5.51. The lowest BCUT2D eigenvalue weighted by Crippen LogP contribution is -2.26. The summed E-state index contributed by atoms with van der Waals surface area (Å²) in [5.41, 5.74) is 0. The summed E-state index contributed by atoms with van der Waals surface area (Å²) in [5, 5.41) is 3.13. The van der Waals surface area contributed by atoms with Crippen molar-refractivity contribution in [2.24, 2.45) is 0 Å². The third-order valence-electron chi connectivity index (χ3n) is 3.69. The van der Waals surface area contributed by atoms with Crippen LogP contribution in [0.4, 0.5) is 11.6 Å². The fourth-order valence-corrected chi connectivity index (χ4v) is 2.34. The van der Waals surface area contributed by atoms with E-state index in [1.54, 1.807) is 6.26 Å². The third kappa shape index (κ3) is 3.17. The average molecular weight is 286 g/mol. The second kappa shape index (κ2) is 5.76. The van der Waals surface area contributed by atoms with Gasteiger partial charge in [0.25, 0.3) is 0 Å². The van der Waals surface area contributed by atoms with Crippen LogP contribution in [-0.2, 0) is 6.54 Å². The molecule has 0 aromatic carbocycles. The van der Waals surface area contributed by atoms with Crippen LogP contribution >= 0.6 is 0 Å². The van der Waals surface area contributed by atoms with Crippen LogP contribution in [-0.4, -0.2) is 23.1 Å². The van der Waals surface area contributed by atoms with Gasteiger partial charge in [-0.1, -0.05) is 13.8 Å². The van der Waals surface area contributed by atoms with Gasteiger partial charge in [0.2, 0.25) is 0 Å². The fraction of sp³-hybridized carbons (Fsp3) is 0.500. The van der Waals surface area contributed by atoms with Crippen LogP contribution in [0, 0.1) is 0 Å². The van der Waals surface area contributed by atoms with Crippen molar-refractivity contribution in [1.82, 2.24) is 9.97 Å². The molecule has 1 saturated carbocycles. The molecular weight excluding hydrogens is 264 g/mol. The fourth-order valence-electron chi connectivity index (χ4n) is 2.34. The van der Waals surface area contributed by atoms with Crippen molar-refractivity contribution in [3.63, 3.8) is 0 Å². The van der Waals surface area contributed by atoms with E-state index in [2.05, 4.69) is 29.0 Å². The number of hydrogen-bond donors (Lipinski definition) is 1. The molecule has 0 atom stereocenters. The summed E-state index contributed by atoms with van der Waals surface area (Å²) in [6, 6.07) is 6.53. The lowest BCUT2D eigenvalue weighted by molar-refractivity contribution is 0.500. The molecule has 0 radical (unpaired) electrons. The molecule has 112 valence electrons. The van der Waals surface area contributed by atoms with Crippen LogP contribution < -0.4 is 10.2 Å². The molecule has 0 amide bonds. The molecule has 0 unspecified atom stereocenters. The number of anilines is 2. The summed E-state index contributed by atoms with van der Waals surface area (Å²) >= 11 is 0. The van der Waals surface area contributed by atoms with E-state index in [9.17, 15) is 0 Å². The highest BCUT2D eigenvalue weighted by Crippen LogP contribution is 2.33. The van der Waals surface area contributed by atoms with E-state index in [0.717, 1.165) is 29.8 Å². The third-order valence-corrected chi connectivity index (χ3v) is 3.69. The maximum absolute atomic E-state index is 5.50. The van der Waals surface area contributed by atoms with E-state index in [1.165, 1.54) is 12.8 Å². The van der Waals surface area contributed by atoms with Gasteiger partial charge < -0.3 is 14.6 Å². The number of nitrogens with zero attached hydrogens (tertiary/aromatic N) is 3. The molecule has 0 spiro atoms. The first-order valence-corrected chi connectivity index (χ1v) is 7.53. The van der Waals surface area contributed by atoms with E-state index in [4.69, 9.17) is 9.40 Å². The Morgan fingerprint density at radius 2 is 2.19 bits per heavy atom. The predicted molar refractivity (Wildman–Crippen MR) is 83.6 cm³/mol. The van der Waals surface area contributed by atoms with Crippen LogP contribution in [0.5, 0.6) is 0 Å². The molecule has 2 aromatic heterocycles. The minimum absolute atomic E-state index is 0.307. The van der Waals surface area contributed by atoms with E-state index in [1.807, 2.05) is 25.2 Å². The Labute approximate surface area is 125 Å². The van der Waals surface area contributed by atoms with Crippen molar-refractivity contribution in [1.29, 1.82) is 0 Å². The van der Waals surface area contributed by atoms with Gasteiger partial charge in [0.05, 0.1) is 12.8 Å². The van der Waals surface area contributed by atoms with E-state index < -0.39 is 0 Å². The molecule has 0 aliphatic heterocycles. The molecule has 0 saturated heterocycles. The van der Waals surface area contributed by atoms with E-state index in [0.29, 0.717) is 12.0 Å². The molecule has 21 heavy (non-hydrogen) atoms. The summed E-state index contributed by atoms with van der Waals surface area (Å²) in [4.78, 5) is 11.6. The van der Waals surface area contributed by atoms with Gasteiger partial charge in [-0.2, -0.15) is 0 Å². The molecule has 2 heterocycles. The number of rotatable bonds is 6. The number of hydrogen-bond acceptors (Lipinski definition) is 5. The lowest BCUT2D eigenvalue weighted by Gasteiger charge is -2.23. The Balaban J connectivity index is 1.92. The van der Waals surface area contributed by atoms with Gasteiger partial charge in [0.1, 0.15) is 23.2 Å². The monoisotopic (exact) mass is 286 g/mol. The highest BCUT2D eigenvalue weighted by Gasteiger charge is 2.31. The zero-order valence-electron chi connectivity index (χ0n) is 12.8. The van der Waals surface area contributed by atoms with Crippen molar-refractivity contribution in [3.8, 4) is 0 Å². The average Bonchev–Trinajstić information content (AvgIpc) is 3.20. The summed E-state index contributed by atoms with van der Waals surface area (Å²) < 4.78 is 5.50. The molecular formula is C16H22N4O. The second-order valence-corrected chi connectivity index (χ2v) is 5.81. The topological polar surface area (TPSA) is 54.2 Å².